The molecule has 1 aromatic heterocycles. The number of hydrogen-bond donors (Lipinski definition) is 1. The monoisotopic (exact) mass is 475 g/mol. The van der Waals surface area contributed by atoms with Crippen LogP contribution in [0.2, 0.25) is 0 Å². The molecule has 0 unspecified atom stereocenters. The molecule has 1 aliphatic rings. The van der Waals surface area contributed by atoms with Gasteiger partial charge in [-0.05, 0) is 79.3 Å². The molecule has 36 heavy (non-hydrogen) atoms. The van der Waals surface area contributed by atoms with E-state index in [0.29, 0.717) is 24.2 Å². The molecule has 0 fully saturated rings. The maximum Gasteiger partial charge on any atom is 0.258 e. The van der Waals surface area contributed by atoms with Gasteiger partial charge in [-0.15, -0.1) is 0 Å². The summed E-state index contributed by atoms with van der Waals surface area (Å²) in [5.41, 5.74) is 7.90. The minimum Gasteiger partial charge on any atom is -0.348 e. The minimum atomic E-state index is -0.224. The number of carbonyl (C=O) groups excluding carboxylic acids is 2. The summed E-state index contributed by atoms with van der Waals surface area (Å²) >= 11 is 0. The Balaban J connectivity index is 1.49. The highest BCUT2D eigenvalue weighted by atomic mass is 16.2. The van der Waals surface area contributed by atoms with Gasteiger partial charge in [-0.25, -0.2) is 0 Å². The predicted octanol–water partition coefficient (Wildman–Crippen LogP) is 5.89. The summed E-state index contributed by atoms with van der Waals surface area (Å²) in [6, 6.07) is 25.5. The van der Waals surface area contributed by atoms with Crippen LogP contribution in [0.4, 0.5) is 5.69 Å². The Morgan fingerprint density at radius 2 is 1.67 bits per heavy atom. The summed E-state index contributed by atoms with van der Waals surface area (Å²) in [6.45, 7) is 4.99. The number of pyridine rings is 1. The van der Waals surface area contributed by atoms with Crippen molar-refractivity contribution < 1.29 is 9.59 Å². The second kappa shape index (κ2) is 10.2. The normalized spacial score (nSPS) is 12.7. The van der Waals surface area contributed by atoms with E-state index in [1.165, 1.54) is 5.56 Å². The molecule has 0 aliphatic carbocycles. The van der Waals surface area contributed by atoms with Crippen LogP contribution in [0, 0.1) is 13.8 Å². The van der Waals surface area contributed by atoms with Crippen LogP contribution in [0.15, 0.2) is 85.1 Å². The Labute approximate surface area is 211 Å². The molecule has 1 aliphatic heterocycles. The predicted molar refractivity (Wildman–Crippen MR) is 143 cm³/mol. The maximum absolute atomic E-state index is 13.8. The van der Waals surface area contributed by atoms with Gasteiger partial charge in [-0.1, -0.05) is 54.1 Å². The number of aryl methyl sites for hydroxylation is 3. The number of para-hydroxylation sites is 1. The number of amides is 2. The average molecular weight is 476 g/mol. The highest BCUT2D eigenvalue weighted by Gasteiger charge is 2.24. The molecular weight excluding hydrogens is 446 g/mol. The molecule has 0 radical (unpaired) electrons. The highest BCUT2D eigenvalue weighted by molar-refractivity contribution is 6.09. The van der Waals surface area contributed by atoms with Crippen molar-refractivity contribution in [2.75, 3.05) is 11.4 Å². The maximum atomic E-state index is 13.8. The summed E-state index contributed by atoms with van der Waals surface area (Å²) < 4.78 is 0. The van der Waals surface area contributed by atoms with Crippen LogP contribution in [0.1, 0.15) is 49.5 Å². The first kappa shape index (κ1) is 23.5. The Kier molecular flexibility index (Phi) is 6.63. The Morgan fingerprint density at radius 3 is 2.44 bits per heavy atom. The molecule has 0 saturated heterocycles. The van der Waals surface area contributed by atoms with E-state index in [-0.39, 0.29) is 11.8 Å². The summed E-state index contributed by atoms with van der Waals surface area (Å²) in [5.74, 6) is -0.314. The summed E-state index contributed by atoms with van der Waals surface area (Å²) in [6.07, 6.45) is 3.64. The van der Waals surface area contributed by atoms with Gasteiger partial charge in [0.05, 0.1) is 0 Å². The fourth-order valence-corrected chi connectivity index (χ4v) is 4.58. The molecular formula is C31H29N3O2. The summed E-state index contributed by atoms with van der Waals surface area (Å²) in [4.78, 5) is 33.1. The van der Waals surface area contributed by atoms with Crippen molar-refractivity contribution in [3.8, 4) is 11.1 Å². The summed E-state index contributed by atoms with van der Waals surface area (Å²) in [5, 5.41) is 2.98. The molecule has 0 saturated carbocycles. The molecule has 5 nitrogen and oxygen atoms in total. The number of rotatable bonds is 5. The van der Waals surface area contributed by atoms with Gasteiger partial charge in [0, 0.05) is 41.8 Å². The van der Waals surface area contributed by atoms with Crippen molar-refractivity contribution in [2.45, 2.75) is 33.2 Å². The van der Waals surface area contributed by atoms with E-state index in [9.17, 15) is 9.59 Å². The van der Waals surface area contributed by atoms with Gasteiger partial charge in [0.2, 0.25) is 0 Å². The van der Waals surface area contributed by atoms with Gasteiger partial charge in [0.1, 0.15) is 0 Å². The fraction of sp³-hybridized carbons (Fsp3) is 0.194. The van der Waals surface area contributed by atoms with Crippen molar-refractivity contribution in [3.05, 3.63) is 119 Å². The molecule has 5 heteroatoms. The van der Waals surface area contributed by atoms with Gasteiger partial charge in [-0.2, -0.15) is 0 Å². The van der Waals surface area contributed by atoms with Crippen LogP contribution >= 0.6 is 0 Å². The van der Waals surface area contributed by atoms with E-state index in [1.54, 1.807) is 12.3 Å². The smallest absolute Gasteiger partial charge is 0.258 e. The lowest BCUT2D eigenvalue weighted by Gasteiger charge is -2.29. The topological polar surface area (TPSA) is 62.3 Å². The summed E-state index contributed by atoms with van der Waals surface area (Å²) in [7, 11) is 0. The molecule has 4 aromatic rings. The number of aromatic nitrogens is 1. The van der Waals surface area contributed by atoms with Crippen LogP contribution in [0.25, 0.3) is 11.1 Å². The Bertz CT molecular complexity index is 1410. The lowest BCUT2D eigenvalue weighted by atomic mass is 9.96. The number of benzene rings is 3. The molecule has 2 heterocycles. The number of fused-ring (bicyclic) bond motifs is 1. The molecule has 3 aromatic carbocycles. The molecule has 2 amide bonds. The van der Waals surface area contributed by atoms with Crippen LogP contribution in [-0.2, 0) is 13.0 Å². The second-order valence-electron chi connectivity index (χ2n) is 9.34. The standard InChI is InChI=1S/C31H29N3O2/c1-21-9-13-24(14-10-21)26-16-27(30(35)33-20-23-12-11-22(2)32-19-23)18-28(17-26)31(36)34-15-5-7-25-6-3-4-8-29(25)34/h3-4,6,8-14,16-19H,5,7,15,20H2,1-2H3,(H,33,35). The van der Waals surface area contributed by atoms with E-state index >= 15 is 0 Å². The second-order valence-corrected chi connectivity index (χ2v) is 9.34. The first-order valence-electron chi connectivity index (χ1n) is 12.3. The number of hydrogen-bond acceptors (Lipinski definition) is 3. The molecule has 180 valence electrons. The first-order chi connectivity index (χ1) is 17.5. The first-order valence-corrected chi connectivity index (χ1v) is 12.3. The minimum absolute atomic E-state index is 0.0899. The molecule has 0 bridgehead atoms. The lowest BCUT2D eigenvalue weighted by Crippen LogP contribution is -2.35. The zero-order valence-corrected chi connectivity index (χ0v) is 20.6. The average Bonchev–Trinajstić information content (AvgIpc) is 2.92. The molecule has 1 N–H and O–H groups in total. The number of nitrogens with one attached hydrogen (secondary N) is 1. The van der Waals surface area contributed by atoms with E-state index in [2.05, 4.69) is 16.4 Å². The van der Waals surface area contributed by atoms with Gasteiger partial charge < -0.3 is 10.2 Å². The van der Waals surface area contributed by atoms with Crippen LogP contribution in [0.5, 0.6) is 0 Å². The number of nitrogens with zero attached hydrogens (tertiary/aromatic N) is 2. The van der Waals surface area contributed by atoms with E-state index < -0.39 is 0 Å². The third-order valence-electron chi connectivity index (χ3n) is 6.61. The van der Waals surface area contributed by atoms with E-state index in [0.717, 1.165) is 46.5 Å². The van der Waals surface area contributed by atoms with Gasteiger partial charge >= 0.3 is 0 Å². The van der Waals surface area contributed by atoms with Crippen LogP contribution in [0.3, 0.4) is 0 Å². The van der Waals surface area contributed by atoms with Gasteiger partial charge in [0.15, 0.2) is 0 Å². The third-order valence-corrected chi connectivity index (χ3v) is 6.61. The van der Waals surface area contributed by atoms with Crippen LogP contribution < -0.4 is 10.2 Å². The zero-order chi connectivity index (χ0) is 25.1. The lowest BCUT2D eigenvalue weighted by molar-refractivity contribution is 0.0951. The van der Waals surface area contributed by atoms with Crippen molar-refractivity contribution in [1.82, 2.24) is 10.3 Å². The molecule has 0 spiro atoms. The highest BCUT2D eigenvalue weighted by Crippen LogP contribution is 2.30. The van der Waals surface area contributed by atoms with E-state index in [1.807, 2.05) is 85.5 Å². The largest absolute Gasteiger partial charge is 0.348 e. The van der Waals surface area contributed by atoms with Crippen molar-refractivity contribution >= 4 is 17.5 Å². The SMILES string of the molecule is Cc1ccc(-c2cc(C(=O)NCc3ccc(C)nc3)cc(C(=O)N3CCCc4ccccc43)c2)cc1. The fourth-order valence-electron chi connectivity index (χ4n) is 4.58. The van der Waals surface area contributed by atoms with E-state index in [4.69, 9.17) is 0 Å². The molecule has 5 rings (SSSR count). The van der Waals surface area contributed by atoms with Crippen molar-refractivity contribution in [3.63, 3.8) is 0 Å². The quantitative estimate of drug-likeness (QED) is 0.392. The van der Waals surface area contributed by atoms with Gasteiger partial charge in [0.25, 0.3) is 11.8 Å². The van der Waals surface area contributed by atoms with Crippen molar-refractivity contribution in [2.24, 2.45) is 0 Å². The Hall–Kier alpha value is -4.25. The Morgan fingerprint density at radius 1 is 0.889 bits per heavy atom. The molecule has 0 atom stereocenters. The number of carbonyl (C=O) groups is 2. The number of anilines is 1. The van der Waals surface area contributed by atoms with Crippen LogP contribution in [-0.4, -0.2) is 23.3 Å². The van der Waals surface area contributed by atoms with Gasteiger partial charge in [-0.3, -0.25) is 14.6 Å². The van der Waals surface area contributed by atoms with Crippen molar-refractivity contribution in [1.29, 1.82) is 0 Å². The third kappa shape index (κ3) is 5.05. The zero-order valence-electron chi connectivity index (χ0n) is 20.6.